The first-order valence-electron chi connectivity index (χ1n) is 9.94. The van der Waals surface area contributed by atoms with Gasteiger partial charge < -0.3 is 13.6 Å². The summed E-state index contributed by atoms with van der Waals surface area (Å²) in [6.45, 7) is -0.146. The molecule has 0 saturated carbocycles. The number of benzene rings is 2. The molecule has 174 valence electrons. The highest BCUT2D eigenvalue weighted by atomic mass is 35.5. The minimum Gasteiger partial charge on any atom is -0.468 e. The number of ether oxygens (including phenoxy) is 1. The average molecular weight is 500 g/mol. The predicted octanol–water partition coefficient (Wildman–Crippen LogP) is 4.22. The Labute approximate surface area is 200 Å². The van der Waals surface area contributed by atoms with Crippen LogP contribution in [0.5, 0.6) is 0 Å². The monoisotopic (exact) mass is 499 g/mol. The van der Waals surface area contributed by atoms with Crippen molar-refractivity contribution >= 4 is 33.7 Å². The average Bonchev–Trinajstić information content (AvgIpc) is 3.53. The van der Waals surface area contributed by atoms with Crippen LogP contribution in [0.3, 0.4) is 0 Å². The molecular weight excluding hydrogens is 482 g/mol. The molecule has 0 atom stereocenters. The predicted molar refractivity (Wildman–Crippen MR) is 123 cm³/mol. The molecule has 0 bridgehead atoms. The molecule has 0 fully saturated rings. The zero-order chi connectivity index (χ0) is 24.0. The second kappa shape index (κ2) is 10.5. The van der Waals surface area contributed by atoms with E-state index in [2.05, 4.69) is 14.9 Å². The van der Waals surface area contributed by atoms with Crippen LogP contribution in [0.25, 0.3) is 17.5 Å². The van der Waals surface area contributed by atoms with Gasteiger partial charge in [0, 0.05) is 16.7 Å². The Morgan fingerprint density at radius 3 is 2.53 bits per heavy atom. The molecule has 9 nitrogen and oxygen atoms in total. The summed E-state index contributed by atoms with van der Waals surface area (Å²) in [5.41, 5.74) is 1.31. The molecule has 0 aliphatic rings. The van der Waals surface area contributed by atoms with Gasteiger partial charge in [0.2, 0.25) is 15.9 Å². The molecule has 0 unspecified atom stereocenters. The lowest BCUT2D eigenvalue weighted by atomic mass is 10.2. The minimum atomic E-state index is -3.70. The molecule has 34 heavy (non-hydrogen) atoms. The Bertz CT molecular complexity index is 1380. The molecule has 1 N–H and O–H groups in total. The molecule has 4 rings (SSSR count). The molecular formula is C23H18ClN3O6S. The quantitative estimate of drug-likeness (QED) is 0.268. The van der Waals surface area contributed by atoms with Gasteiger partial charge in [-0.3, -0.25) is 0 Å². The highest BCUT2D eigenvalue weighted by Gasteiger charge is 2.14. The molecule has 0 saturated heterocycles. The smallest absolute Gasteiger partial charge is 0.331 e. The van der Waals surface area contributed by atoms with E-state index in [1.165, 1.54) is 30.5 Å². The third kappa shape index (κ3) is 6.19. The van der Waals surface area contributed by atoms with Gasteiger partial charge in [-0.25, -0.2) is 17.9 Å². The minimum absolute atomic E-state index is 0.0457. The fourth-order valence-electron chi connectivity index (χ4n) is 2.79. The van der Waals surface area contributed by atoms with Gasteiger partial charge in [-0.15, -0.1) is 10.2 Å². The van der Waals surface area contributed by atoms with Crippen LogP contribution in [0.15, 0.2) is 86.7 Å². The van der Waals surface area contributed by atoms with E-state index in [0.29, 0.717) is 21.9 Å². The number of carbonyl (C=O) groups is 1. The Morgan fingerprint density at radius 1 is 1.06 bits per heavy atom. The zero-order valence-electron chi connectivity index (χ0n) is 17.5. The molecule has 2 aromatic carbocycles. The van der Waals surface area contributed by atoms with E-state index in [9.17, 15) is 13.2 Å². The van der Waals surface area contributed by atoms with Crippen molar-refractivity contribution in [2.45, 2.75) is 18.0 Å². The summed E-state index contributed by atoms with van der Waals surface area (Å²) in [5.74, 6) is 0.307. The summed E-state index contributed by atoms with van der Waals surface area (Å²) in [6, 6.07) is 16.2. The summed E-state index contributed by atoms with van der Waals surface area (Å²) in [4.78, 5) is 12.1. The van der Waals surface area contributed by atoms with Gasteiger partial charge >= 0.3 is 5.97 Å². The number of nitrogens with one attached hydrogen (secondary N) is 1. The number of nitrogens with zero attached hydrogens (tertiary/aromatic N) is 2. The van der Waals surface area contributed by atoms with E-state index in [1.54, 1.807) is 48.5 Å². The molecule has 4 aromatic rings. The van der Waals surface area contributed by atoms with Gasteiger partial charge in [-0.2, -0.15) is 0 Å². The number of hydrogen-bond donors (Lipinski definition) is 1. The van der Waals surface area contributed by atoms with Crippen LogP contribution in [0, 0.1) is 0 Å². The fraction of sp³-hybridized carbons (Fsp3) is 0.0870. The van der Waals surface area contributed by atoms with Crippen molar-refractivity contribution in [2.24, 2.45) is 0 Å². The van der Waals surface area contributed by atoms with Crippen molar-refractivity contribution in [1.29, 1.82) is 0 Å². The number of aromatic nitrogens is 2. The van der Waals surface area contributed by atoms with E-state index in [4.69, 9.17) is 25.2 Å². The van der Waals surface area contributed by atoms with Crippen molar-refractivity contribution in [3.8, 4) is 11.5 Å². The van der Waals surface area contributed by atoms with Gasteiger partial charge in [0.25, 0.3) is 5.89 Å². The summed E-state index contributed by atoms with van der Waals surface area (Å²) < 4.78 is 42.9. The number of halogens is 1. The maximum Gasteiger partial charge on any atom is 0.331 e. The molecule has 0 aliphatic heterocycles. The third-order valence-corrected chi connectivity index (χ3v) is 6.18. The molecule has 0 radical (unpaired) electrons. The Morgan fingerprint density at radius 2 is 1.82 bits per heavy atom. The van der Waals surface area contributed by atoms with E-state index >= 15 is 0 Å². The second-order valence-corrected chi connectivity index (χ2v) is 9.13. The SMILES string of the molecule is O=C(/C=C/c1ccc(S(=O)(=O)NCc2ccco2)cc1)OCc1nnc(-c2ccc(Cl)cc2)o1. The number of esters is 1. The van der Waals surface area contributed by atoms with Crippen LogP contribution in [-0.2, 0) is 32.7 Å². The van der Waals surface area contributed by atoms with Gasteiger partial charge in [0.15, 0.2) is 6.61 Å². The summed E-state index contributed by atoms with van der Waals surface area (Å²) in [6.07, 6.45) is 4.19. The topological polar surface area (TPSA) is 125 Å². The van der Waals surface area contributed by atoms with Gasteiger partial charge in [-0.05, 0) is 60.2 Å². The third-order valence-electron chi connectivity index (χ3n) is 4.51. The molecule has 11 heteroatoms. The number of hydrogen-bond acceptors (Lipinski definition) is 8. The molecule has 2 heterocycles. The Hall–Kier alpha value is -3.73. The summed E-state index contributed by atoms with van der Waals surface area (Å²) in [5, 5.41) is 8.35. The zero-order valence-corrected chi connectivity index (χ0v) is 19.1. The summed E-state index contributed by atoms with van der Waals surface area (Å²) >= 11 is 5.86. The van der Waals surface area contributed by atoms with Gasteiger partial charge in [0.1, 0.15) is 5.76 Å². The maximum absolute atomic E-state index is 12.4. The van der Waals surface area contributed by atoms with Crippen LogP contribution in [0.1, 0.15) is 17.2 Å². The molecule has 2 aromatic heterocycles. The van der Waals surface area contributed by atoms with E-state index in [-0.39, 0.29) is 29.8 Å². The Balaban J connectivity index is 1.29. The van der Waals surface area contributed by atoms with Crippen LogP contribution in [0.2, 0.25) is 5.02 Å². The largest absolute Gasteiger partial charge is 0.468 e. The van der Waals surface area contributed by atoms with Crippen molar-refractivity contribution in [2.75, 3.05) is 0 Å². The molecule has 0 spiro atoms. The van der Waals surface area contributed by atoms with Crippen LogP contribution in [0.4, 0.5) is 0 Å². The standard InChI is InChI=1S/C23H18ClN3O6S/c24-18-8-6-17(7-9-18)23-27-26-21(33-23)15-32-22(28)12-5-16-3-10-20(11-4-16)34(29,30)25-14-19-2-1-13-31-19/h1-13,25H,14-15H2/b12-5+. The van der Waals surface area contributed by atoms with E-state index in [0.717, 1.165) is 0 Å². The van der Waals surface area contributed by atoms with Crippen molar-refractivity contribution in [1.82, 2.24) is 14.9 Å². The van der Waals surface area contributed by atoms with Gasteiger partial charge in [0.05, 0.1) is 17.7 Å². The van der Waals surface area contributed by atoms with Crippen LogP contribution in [-0.4, -0.2) is 24.6 Å². The Kier molecular flexibility index (Phi) is 7.21. The maximum atomic E-state index is 12.4. The fourth-order valence-corrected chi connectivity index (χ4v) is 3.91. The molecule has 0 amide bonds. The highest BCUT2D eigenvalue weighted by Crippen LogP contribution is 2.20. The first-order valence-corrected chi connectivity index (χ1v) is 11.8. The lowest BCUT2D eigenvalue weighted by Crippen LogP contribution is -2.22. The highest BCUT2D eigenvalue weighted by molar-refractivity contribution is 7.89. The second-order valence-electron chi connectivity index (χ2n) is 6.92. The van der Waals surface area contributed by atoms with Crippen molar-refractivity contribution in [3.05, 3.63) is 95.2 Å². The van der Waals surface area contributed by atoms with Gasteiger partial charge in [-0.1, -0.05) is 23.7 Å². The van der Waals surface area contributed by atoms with E-state index < -0.39 is 16.0 Å². The van der Waals surface area contributed by atoms with Crippen LogP contribution < -0.4 is 4.72 Å². The molecule has 0 aliphatic carbocycles. The number of sulfonamides is 1. The lowest BCUT2D eigenvalue weighted by Gasteiger charge is -2.05. The first-order chi connectivity index (χ1) is 16.4. The van der Waals surface area contributed by atoms with Crippen LogP contribution >= 0.6 is 11.6 Å². The summed E-state index contributed by atoms with van der Waals surface area (Å²) in [7, 11) is -3.70. The normalized spacial score (nSPS) is 11.7. The first kappa shape index (κ1) is 23.4. The van der Waals surface area contributed by atoms with E-state index in [1.807, 2.05) is 0 Å². The number of carbonyl (C=O) groups excluding carboxylic acids is 1. The number of rotatable bonds is 9. The van der Waals surface area contributed by atoms with Crippen molar-refractivity contribution in [3.63, 3.8) is 0 Å². The van der Waals surface area contributed by atoms with Crippen molar-refractivity contribution < 1.29 is 26.8 Å². The lowest BCUT2D eigenvalue weighted by molar-refractivity contribution is -0.139. The number of furan rings is 1.